The fourth-order valence-electron chi connectivity index (χ4n) is 4.05. The standard InChI is InChI=1S/C21H27N3O3S2/c25-21(22-18-6-8-19(9-7-18)23-12-2-1-3-13-23)17-10-14-24(15-11-17)29(26,27)20-5-4-16-28-20/h4-9,16-17H,1-3,10-15H2,(H,22,25). The molecule has 2 aliphatic heterocycles. The van der Waals surface area contributed by atoms with Gasteiger partial charge in [-0.3, -0.25) is 4.79 Å². The van der Waals surface area contributed by atoms with Crippen LogP contribution in [0.5, 0.6) is 0 Å². The summed E-state index contributed by atoms with van der Waals surface area (Å²) in [5, 5.41) is 4.77. The third-order valence-electron chi connectivity index (χ3n) is 5.77. The highest BCUT2D eigenvalue weighted by molar-refractivity contribution is 7.91. The van der Waals surface area contributed by atoms with Gasteiger partial charge in [0.05, 0.1) is 0 Å². The SMILES string of the molecule is O=C(Nc1ccc(N2CCCCC2)cc1)C1CCN(S(=O)(=O)c2cccs2)CC1. The molecule has 29 heavy (non-hydrogen) atoms. The van der Waals surface area contributed by atoms with Crippen LogP contribution in [0.3, 0.4) is 0 Å². The number of rotatable bonds is 5. The molecule has 1 N–H and O–H groups in total. The van der Waals surface area contributed by atoms with Crippen molar-refractivity contribution in [3.63, 3.8) is 0 Å². The molecule has 0 unspecified atom stereocenters. The van der Waals surface area contributed by atoms with E-state index in [-0.39, 0.29) is 11.8 Å². The number of carbonyl (C=O) groups excluding carboxylic acids is 1. The molecule has 1 amide bonds. The van der Waals surface area contributed by atoms with Crippen molar-refractivity contribution in [2.24, 2.45) is 5.92 Å². The number of anilines is 2. The summed E-state index contributed by atoms with van der Waals surface area (Å²) in [7, 11) is -3.43. The Bertz CT molecular complexity index is 913. The van der Waals surface area contributed by atoms with Crippen LogP contribution in [0.1, 0.15) is 32.1 Å². The molecular weight excluding hydrogens is 406 g/mol. The largest absolute Gasteiger partial charge is 0.372 e. The van der Waals surface area contributed by atoms with Gasteiger partial charge >= 0.3 is 0 Å². The Morgan fingerprint density at radius 1 is 0.966 bits per heavy atom. The third kappa shape index (κ3) is 4.65. The molecule has 0 saturated carbocycles. The number of thiophene rings is 1. The van der Waals surface area contributed by atoms with Crippen LogP contribution in [-0.4, -0.2) is 44.8 Å². The number of amides is 1. The Morgan fingerprint density at radius 2 is 1.66 bits per heavy atom. The highest BCUT2D eigenvalue weighted by atomic mass is 32.2. The van der Waals surface area contributed by atoms with Crippen molar-refractivity contribution in [3.05, 3.63) is 41.8 Å². The first-order valence-corrected chi connectivity index (χ1v) is 12.6. The lowest BCUT2D eigenvalue weighted by Gasteiger charge is -2.30. The van der Waals surface area contributed by atoms with Crippen LogP contribution in [0, 0.1) is 5.92 Å². The molecule has 0 aliphatic carbocycles. The van der Waals surface area contributed by atoms with Crippen LogP contribution in [-0.2, 0) is 14.8 Å². The quantitative estimate of drug-likeness (QED) is 0.779. The highest BCUT2D eigenvalue weighted by Gasteiger charge is 2.32. The number of hydrogen-bond donors (Lipinski definition) is 1. The molecule has 2 fully saturated rings. The van der Waals surface area contributed by atoms with Gasteiger partial charge in [0.2, 0.25) is 5.91 Å². The van der Waals surface area contributed by atoms with E-state index in [2.05, 4.69) is 22.3 Å². The van der Waals surface area contributed by atoms with Gasteiger partial charge in [0.1, 0.15) is 4.21 Å². The molecular formula is C21H27N3O3S2. The van der Waals surface area contributed by atoms with E-state index in [0.717, 1.165) is 18.8 Å². The number of piperidine rings is 2. The fourth-order valence-corrected chi connectivity index (χ4v) is 6.66. The van der Waals surface area contributed by atoms with Crippen LogP contribution < -0.4 is 10.2 Å². The molecule has 8 heteroatoms. The van der Waals surface area contributed by atoms with Crippen LogP contribution in [0.15, 0.2) is 46.0 Å². The summed E-state index contributed by atoms with van der Waals surface area (Å²) in [6.45, 7) is 2.95. The minimum atomic E-state index is -3.43. The zero-order valence-electron chi connectivity index (χ0n) is 16.4. The summed E-state index contributed by atoms with van der Waals surface area (Å²) >= 11 is 1.23. The first-order valence-electron chi connectivity index (χ1n) is 10.2. The van der Waals surface area contributed by atoms with Crippen LogP contribution >= 0.6 is 11.3 Å². The van der Waals surface area contributed by atoms with Crippen molar-refractivity contribution in [1.82, 2.24) is 4.31 Å². The topological polar surface area (TPSA) is 69.7 Å². The second-order valence-electron chi connectivity index (χ2n) is 7.69. The van der Waals surface area contributed by atoms with Crippen molar-refractivity contribution >= 4 is 38.6 Å². The van der Waals surface area contributed by atoms with Crippen LogP contribution in [0.25, 0.3) is 0 Å². The van der Waals surface area contributed by atoms with Gasteiger partial charge in [0, 0.05) is 43.5 Å². The Balaban J connectivity index is 1.31. The van der Waals surface area contributed by atoms with E-state index in [1.54, 1.807) is 17.5 Å². The van der Waals surface area contributed by atoms with Crippen LogP contribution in [0.2, 0.25) is 0 Å². The lowest BCUT2D eigenvalue weighted by Crippen LogP contribution is -2.41. The second kappa shape index (κ2) is 8.85. The summed E-state index contributed by atoms with van der Waals surface area (Å²) in [4.78, 5) is 15.0. The highest BCUT2D eigenvalue weighted by Crippen LogP contribution is 2.27. The minimum Gasteiger partial charge on any atom is -0.372 e. The number of hydrogen-bond acceptors (Lipinski definition) is 5. The molecule has 156 valence electrons. The van der Waals surface area contributed by atoms with E-state index in [9.17, 15) is 13.2 Å². The molecule has 2 aromatic rings. The zero-order valence-corrected chi connectivity index (χ0v) is 18.1. The molecule has 0 bridgehead atoms. The number of sulfonamides is 1. The number of nitrogens with one attached hydrogen (secondary N) is 1. The fraction of sp³-hybridized carbons (Fsp3) is 0.476. The summed E-state index contributed by atoms with van der Waals surface area (Å²) in [6.07, 6.45) is 4.86. The predicted molar refractivity (Wildman–Crippen MR) is 117 cm³/mol. The maximum Gasteiger partial charge on any atom is 0.252 e. The summed E-state index contributed by atoms with van der Waals surface area (Å²) in [5.74, 6) is -0.185. The molecule has 1 aromatic carbocycles. The molecule has 0 spiro atoms. The maximum absolute atomic E-state index is 12.7. The lowest BCUT2D eigenvalue weighted by molar-refractivity contribution is -0.120. The first kappa shape index (κ1) is 20.4. The van der Waals surface area contributed by atoms with Gasteiger partial charge in [0.15, 0.2) is 0 Å². The lowest BCUT2D eigenvalue weighted by atomic mass is 9.97. The van der Waals surface area contributed by atoms with Gasteiger partial charge in [-0.2, -0.15) is 4.31 Å². The summed E-state index contributed by atoms with van der Waals surface area (Å²) < 4.78 is 27.1. The van der Waals surface area contributed by atoms with Crippen molar-refractivity contribution in [1.29, 1.82) is 0 Å². The van der Waals surface area contributed by atoms with Crippen molar-refractivity contribution in [2.45, 2.75) is 36.3 Å². The zero-order chi connectivity index (χ0) is 20.3. The summed E-state index contributed by atoms with van der Waals surface area (Å²) in [6, 6.07) is 11.4. The van der Waals surface area contributed by atoms with Crippen LogP contribution in [0.4, 0.5) is 11.4 Å². The second-order valence-corrected chi connectivity index (χ2v) is 10.8. The number of nitrogens with zero attached hydrogens (tertiary/aromatic N) is 2. The van der Waals surface area contributed by atoms with Gasteiger partial charge in [-0.15, -0.1) is 11.3 Å². The predicted octanol–water partition coefficient (Wildman–Crippen LogP) is 3.78. The maximum atomic E-state index is 12.7. The smallest absolute Gasteiger partial charge is 0.252 e. The van der Waals surface area contributed by atoms with Gasteiger partial charge < -0.3 is 10.2 Å². The van der Waals surface area contributed by atoms with E-state index < -0.39 is 10.0 Å². The molecule has 6 nitrogen and oxygen atoms in total. The Labute approximate surface area is 176 Å². The Morgan fingerprint density at radius 3 is 2.28 bits per heavy atom. The first-order chi connectivity index (χ1) is 14.0. The van der Waals surface area contributed by atoms with Crippen molar-refractivity contribution < 1.29 is 13.2 Å². The van der Waals surface area contributed by atoms with E-state index in [4.69, 9.17) is 0 Å². The van der Waals surface area contributed by atoms with E-state index in [1.807, 2.05) is 12.1 Å². The van der Waals surface area contributed by atoms with Gasteiger partial charge in [-0.25, -0.2) is 8.42 Å². The minimum absolute atomic E-state index is 0.0242. The van der Waals surface area contributed by atoms with Gasteiger partial charge in [-0.05, 0) is 67.8 Å². The molecule has 0 radical (unpaired) electrons. The van der Waals surface area contributed by atoms with E-state index >= 15 is 0 Å². The Hall–Kier alpha value is -1.90. The number of benzene rings is 1. The van der Waals surface area contributed by atoms with E-state index in [0.29, 0.717) is 30.1 Å². The average molecular weight is 434 g/mol. The number of carbonyl (C=O) groups is 1. The monoisotopic (exact) mass is 433 g/mol. The molecule has 2 saturated heterocycles. The normalized spacial score (nSPS) is 19.2. The Kier molecular flexibility index (Phi) is 6.22. The molecule has 4 rings (SSSR count). The molecule has 1 aromatic heterocycles. The third-order valence-corrected chi connectivity index (χ3v) is 9.04. The summed E-state index contributed by atoms with van der Waals surface area (Å²) in [5.41, 5.74) is 2.00. The van der Waals surface area contributed by atoms with Crippen molar-refractivity contribution in [2.75, 3.05) is 36.4 Å². The average Bonchev–Trinajstić information content (AvgIpc) is 3.31. The van der Waals surface area contributed by atoms with Gasteiger partial charge in [-0.1, -0.05) is 6.07 Å². The molecule has 0 atom stereocenters. The van der Waals surface area contributed by atoms with E-state index in [1.165, 1.54) is 40.6 Å². The molecule has 3 heterocycles. The van der Waals surface area contributed by atoms with Crippen molar-refractivity contribution in [3.8, 4) is 0 Å². The molecule has 2 aliphatic rings. The van der Waals surface area contributed by atoms with Gasteiger partial charge in [0.25, 0.3) is 10.0 Å².